The van der Waals surface area contributed by atoms with Crippen molar-refractivity contribution in [3.05, 3.63) is 41.6 Å². The number of rotatable bonds is 10. The van der Waals surface area contributed by atoms with E-state index >= 15 is 0 Å². The Morgan fingerprint density at radius 1 is 1.24 bits per heavy atom. The summed E-state index contributed by atoms with van der Waals surface area (Å²) in [5.41, 5.74) is 0.856. The second kappa shape index (κ2) is 10.5. The Kier molecular flexibility index (Phi) is 7.48. The first-order valence-electron chi connectivity index (χ1n) is 13.5. The van der Waals surface area contributed by atoms with E-state index in [0.29, 0.717) is 19.3 Å². The van der Waals surface area contributed by atoms with Crippen LogP contribution in [0.5, 0.6) is 5.75 Å². The maximum Gasteiger partial charge on any atom is 0.137 e. The lowest BCUT2D eigenvalue weighted by Crippen LogP contribution is -2.46. The van der Waals surface area contributed by atoms with Gasteiger partial charge in [0.05, 0.1) is 18.9 Å². The van der Waals surface area contributed by atoms with Crippen LogP contribution in [0.4, 0.5) is 4.39 Å². The van der Waals surface area contributed by atoms with Gasteiger partial charge in [0, 0.05) is 25.9 Å². The SMILES string of the molecule is CC(C)(F)CO[C@H]1COc2ccccc2[C@@H]1N=C1NC=NC2C1C=C(C1CC1)N2COCC[Si](C)(C)C. The highest BCUT2D eigenvalue weighted by Gasteiger charge is 2.44. The molecule has 0 bridgehead atoms. The van der Waals surface area contributed by atoms with E-state index in [9.17, 15) is 4.39 Å². The predicted molar refractivity (Wildman–Crippen MR) is 148 cm³/mol. The largest absolute Gasteiger partial charge is 0.490 e. The average molecular weight is 529 g/mol. The second-order valence-electron chi connectivity index (χ2n) is 12.4. The molecule has 202 valence electrons. The third kappa shape index (κ3) is 6.44. The normalized spacial score (nSPS) is 28.4. The molecule has 7 nitrogen and oxygen atoms in total. The Bertz CT molecular complexity index is 1060. The molecule has 3 heterocycles. The molecule has 1 N–H and O–H groups in total. The number of aliphatic imine (C=N–C) groups is 2. The zero-order chi connectivity index (χ0) is 26.2. The van der Waals surface area contributed by atoms with Gasteiger partial charge in [0.25, 0.3) is 0 Å². The molecule has 3 aliphatic heterocycles. The predicted octanol–water partition coefficient (Wildman–Crippen LogP) is 5.15. The number of ether oxygens (including phenoxy) is 3. The monoisotopic (exact) mass is 528 g/mol. The lowest BCUT2D eigenvalue weighted by Gasteiger charge is -2.35. The third-order valence-corrected chi connectivity index (χ3v) is 8.92. The molecule has 0 saturated heterocycles. The van der Waals surface area contributed by atoms with Crippen molar-refractivity contribution in [2.24, 2.45) is 21.8 Å². The number of benzene rings is 1. The molecule has 0 radical (unpaired) electrons. The number of hydrogen-bond acceptors (Lipinski definition) is 6. The van der Waals surface area contributed by atoms with Gasteiger partial charge in [-0.1, -0.05) is 43.9 Å². The first-order chi connectivity index (χ1) is 17.6. The van der Waals surface area contributed by atoms with E-state index < -0.39 is 13.7 Å². The highest BCUT2D eigenvalue weighted by atomic mass is 28.3. The summed E-state index contributed by atoms with van der Waals surface area (Å²) >= 11 is 0. The minimum absolute atomic E-state index is 0.00876. The summed E-state index contributed by atoms with van der Waals surface area (Å²) in [7, 11) is -1.15. The highest BCUT2D eigenvalue weighted by Crippen LogP contribution is 2.45. The molecule has 37 heavy (non-hydrogen) atoms. The van der Waals surface area contributed by atoms with Crippen LogP contribution < -0.4 is 10.1 Å². The van der Waals surface area contributed by atoms with E-state index in [-0.39, 0.29) is 30.8 Å². The van der Waals surface area contributed by atoms with Crippen molar-refractivity contribution >= 4 is 20.2 Å². The number of nitrogens with one attached hydrogen (secondary N) is 1. The Hall–Kier alpha value is -2.23. The summed E-state index contributed by atoms with van der Waals surface area (Å²) in [6.07, 6.45) is 6.06. The Balaban J connectivity index is 1.38. The van der Waals surface area contributed by atoms with Crippen LogP contribution >= 0.6 is 0 Å². The van der Waals surface area contributed by atoms with E-state index in [1.807, 2.05) is 24.3 Å². The Morgan fingerprint density at radius 3 is 2.76 bits per heavy atom. The van der Waals surface area contributed by atoms with Crippen LogP contribution in [-0.2, 0) is 9.47 Å². The number of alkyl halides is 1. The van der Waals surface area contributed by atoms with Crippen molar-refractivity contribution in [1.82, 2.24) is 10.2 Å². The van der Waals surface area contributed by atoms with Gasteiger partial charge in [-0.25, -0.2) is 9.38 Å². The lowest BCUT2D eigenvalue weighted by molar-refractivity contribution is -0.0485. The quantitative estimate of drug-likeness (QED) is 0.336. The van der Waals surface area contributed by atoms with E-state index in [2.05, 4.69) is 35.9 Å². The fourth-order valence-corrected chi connectivity index (χ4v) is 5.77. The summed E-state index contributed by atoms with van der Waals surface area (Å²) < 4.78 is 32.5. The second-order valence-corrected chi connectivity index (χ2v) is 18.0. The van der Waals surface area contributed by atoms with Gasteiger partial charge in [-0.15, -0.1) is 0 Å². The molecular weight excluding hydrogens is 487 g/mol. The third-order valence-electron chi connectivity index (χ3n) is 7.21. The van der Waals surface area contributed by atoms with Gasteiger partial charge in [0.1, 0.15) is 48.9 Å². The summed E-state index contributed by atoms with van der Waals surface area (Å²) in [4.78, 5) is 12.4. The molecule has 1 aromatic carbocycles. The molecule has 4 atom stereocenters. The highest BCUT2D eigenvalue weighted by molar-refractivity contribution is 6.76. The number of allylic oxidation sites excluding steroid dienone is 1. The minimum Gasteiger partial charge on any atom is -0.490 e. The smallest absolute Gasteiger partial charge is 0.137 e. The van der Waals surface area contributed by atoms with Crippen molar-refractivity contribution in [3.63, 3.8) is 0 Å². The number of fused-ring (bicyclic) bond motifs is 2. The van der Waals surface area contributed by atoms with Crippen molar-refractivity contribution in [2.75, 3.05) is 26.6 Å². The summed E-state index contributed by atoms with van der Waals surface area (Å²) in [6, 6.07) is 8.76. The molecule has 2 unspecified atom stereocenters. The van der Waals surface area contributed by atoms with Gasteiger partial charge in [0.15, 0.2) is 0 Å². The number of amidine groups is 1. The van der Waals surface area contributed by atoms with Gasteiger partial charge in [0.2, 0.25) is 0 Å². The molecule has 4 aliphatic rings. The fraction of sp³-hybridized carbons (Fsp3) is 0.643. The first kappa shape index (κ1) is 26.4. The van der Waals surface area contributed by atoms with Crippen LogP contribution in [0.1, 0.15) is 38.3 Å². The van der Waals surface area contributed by atoms with Crippen LogP contribution in [0.3, 0.4) is 0 Å². The Morgan fingerprint density at radius 2 is 2.03 bits per heavy atom. The molecule has 5 rings (SSSR count). The van der Waals surface area contributed by atoms with Gasteiger partial charge >= 0.3 is 0 Å². The zero-order valence-electron chi connectivity index (χ0n) is 22.7. The van der Waals surface area contributed by atoms with Crippen molar-refractivity contribution in [2.45, 2.75) is 76.4 Å². The lowest BCUT2D eigenvalue weighted by atomic mass is 9.97. The van der Waals surface area contributed by atoms with Crippen LogP contribution in [0.15, 0.2) is 46.0 Å². The first-order valence-corrected chi connectivity index (χ1v) is 17.2. The summed E-state index contributed by atoms with van der Waals surface area (Å²) in [5.74, 6) is 2.25. The molecule has 0 amide bonds. The van der Waals surface area contributed by atoms with Gasteiger partial charge in [-0.3, -0.25) is 4.99 Å². The molecule has 0 spiro atoms. The van der Waals surface area contributed by atoms with Crippen LogP contribution in [0.25, 0.3) is 0 Å². The van der Waals surface area contributed by atoms with Gasteiger partial charge in [-0.05, 0) is 44.7 Å². The summed E-state index contributed by atoms with van der Waals surface area (Å²) in [5, 5.41) is 3.33. The van der Waals surface area contributed by atoms with Gasteiger partial charge < -0.3 is 24.4 Å². The fourth-order valence-electron chi connectivity index (χ4n) is 5.01. The molecule has 9 heteroatoms. The van der Waals surface area contributed by atoms with E-state index in [1.165, 1.54) is 32.4 Å². The van der Waals surface area contributed by atoms with E-state index in [1.54, 1.807) is 6.34 Å². The molecule has 1 fully saturated rings. The van der Waals surface area contributed by atoms with Crippen molar-refractivity contribution in [3.8, 4) is 5.75 Å². The molecular formula is C28H41FN4O3Si. The number of nitrogens with zero attached hydrogens (tertiary/aromatic N) is 3. The van der Waals surface area contributed by atoms with E-state index in [4.69, 9.17) is 24.2 Å². The summed E-state index contributed by atoms with van der Waals surface area (Å²) in [6.45, 7) is 11.8. The van der Waals surface area contributed by atoms with Crippen molar-refractivity contribution < 1.29 is 18.6 Å². The van der Waals surface area contributed by atoms with Crippen LogP contribution in [0, 0.1) is 11.8 Å². The number of halogens is 1. The molecule has 0 aromatic heterocycles. The maximum absolute atomic E-state index is 14.3. The average Bonchev–Trinajstić information content (AvgIpc) is 3.61. The van der Waals surface area contributed by atoms with Gasteiger partial charge in [-0.2, -0.15) is 0 Å². The standard InChI is InChI=1S/C28H41FN4O3Si/c1-28(2,29)16-36-24-15-35-23-9-7-6-8-20(23)25(24)32-26-21-14-22(19-10-11-19)33(27(21)31-17-30-26)18-34-12-13-37(3,4)5/h6-9,14,17,19,21,24-25,27H,10-13,15-16,18H2,1-5H3,(H,30,31,32)/t21?,24-,25-,27?/m0/s1. The topological polar surface area (TPSA) is 67.7 Å². The van der Waals surface area contributed by atoms with Crippen molar-refractivity contribution in [1.29, 1.82) is 0 Å². The Labute approximate surface area is 221 Å². The van der Waals surface area contributed by atoms with Crippen LogP contribution in [0.2, 0.25) is 25.7 Å². The minimum atomic E-state index is -1.43. The molecule has 1 aromatic rings. The molecule has 1 saturated carbocycles. The van der Waals surface area contributed by atoms with Crippen LogP contribution in [-0.4, -0.2) is 69.6 Å². The number of para-hydroxylation sites is 1. The molecule has 1 aliphatic carbocycles. The van der Waals surface area contributed by atoms with E-state index in [0.717, 1.165) is 29.8 Å². The number of hydrogen-bond donors (Lipinski definition) is 1. The maximum atomic E-state index is 14.3. The zero-order valence-corrected chi connectivity index (χ0v) is 23.7.